The molecule has 0 spiro atoms. The Kier molecular flexibility index (Phi) is 4.88. The van der Waals surface area contributed by atoms with Crippen LogP contribution < -0.4 is 10.6 Å². The van der Waals surface area contributed by atoms with Crippen molar-refractivity contribution in [2.45, 2.75) is 64.3 Å². The monoisotopic (exact) mass is 290 g/mol. The molecule has 1 aliphatic rings. The fraction of sp³-hybridized carbons (Fsp3) is 0.588. The van der Waals surface area contributed by atoms with Crippen molar-refractivity contribution in [3.8, 4) is 0 Å². The van der Waals surface area contributed by atoms with E-state index in [1.807, 2.05) is 26.8 Å². The SMILES string of the molecule is C[C@H](NC1CC(NC(=O)OC(C)(C)C)C1)c1ccccc1. The summed E-state index contributed by atoms with van der Waals surface area (Å²) in [5.74, 6) is 0. The van der Waals surface area contributed by atoms with Crippen LogP contribution in [-0.2, 0) is 4.74 Å². The summed E-state index contributed by atoms with van der Waals surface area (Å²) in [4.78, 5) is 11.7. The molecule has 1 aliphatic carbocycles. The predicted octanol–water partition coefficient (Wildman–Crippen LogP) is 3.39. The van der Waals surface area contributed by atoms with E-state index in [4.69, 9.17) is 4.74 Å². The van der Waals surface area contributed by atoms with Crippen molar-refractivity contribution in [1.29, 1.82) is 0 Å². The number of rotatable bonds is 4. The molecule has 0 aliphatic heterocycles. The van der Waals surface area contributed by atoms with Gasteiger partial charge in [-0.05, 0) is 46.1 Å². The van der Waals surface area contributed by atoms with Crippen molar-refractivity contribution < 1.29 is 9.53 Å². The molecule has 0 radical (unpaired) electrons. The second kappa shape index (κ2) is 6.48. The minimum Gasteiger partial charge on any atom is -0.444 e. The van der Waals surface area contributed by atoms with E-state index in [0.29, 0.717) is 12.1 Å². The van der Waals surface area contributed by atoms with Crippen LogP contribution in [0.25, 0.3) is 0 Å². The molecule has 1 amide bonds. The summed E-state index contributed by atoms with van der Waals surface area (Å²) < 4.78 is 5.26. The van der Waals surface area contributed by atoms with E-state index < -0.39 is 5.60 Å². The maximum atomic E-state index is 11.7. The van der Waals surface area contributed by atoms with E-state index >= 15 is 0 Å². The van der Waals surface area contributed by atoms with Gasteiger partial charge >= 0.3 is 6.09 Å². The predicted molar refractivity (Wildman–Crippen MR) is 84.2 cm³/mol. The molecule has 4 nitrogen and oxygen atoms in total. The number of alkyl carbamates (subject to hydrolysis) is 1. The lowest BCUT2D eigenvalue weighted by Crippen LogP contribution is -2.53. The van der Waals surface area contributed by atoms with Gasteiger partial charge in [0.1, 0.15) is 5.60 Å². The third-order valence-electron chi connectivity index (χ3n) is 3.64. The van der Waals surface area contributed by atoms with Crippen LogP contribution in [0, 0.1) is 0 Å². The Labute approximate surface area is 127 Å². The molecule has 116 valence electrons. The van der Waals surface area contributed by atoms with Gasteiger partial charge in [0.2, 0.25) is 0 Å². The normalized spacial score (nSPS) is 23.0. The fourth-order valence-corrected chi connectivity index (χ4v) is 2.54. The van der Waals surface area contributed by atoms with Gasteiger partial charge in [-0.1, -0.05) is 30.3 Å². The van der Waals surface area contributed by atoms with Crippen molar-refractivity contribution in [3.05, 3.63) is 35.9 Å². The highest BCUT2D eigenvalue weighted by atomic mass is 16.6. The average Bonchev–Trinajstić information content (AvgIpc) is 2.35. The minimum atomic E-state index is -0.437. The highest BCUT2D eigenvalue weighted by Crippen LogP contribution is 2.24. The Bertz CT molecular complexity index is 461. The summed E-state index contributed by atoms with van der Waals surface area (Å²) in [6.07, 6.45) is 1.59. The molecule has 1 saturated carbocycles. The van der Waals surface area contributed by atoms with Gasteiger partial charge in [-0.25, -0.2) is 4.79 Å². The molecule has 0 saturated heterocycles. The van der Waals surface area contributed by atoms with Crippen LogP contribution in [0.1, 0.15) is 52.1 Å². The molecule has 0 bridgehead atoms. The molecule has 21 heavy (non-hydrogen) atoms. The number of nitrogens with one attached hydrogen (secondary N) is 2. The maximum absolute atomic E-state index is 11.7. The zero-order chi connectivity index (χ0) is 15.5. The van der Waals surface area contributed by atoms with Crippen molar-refractivity contribution in [2.24, 2.45) is 0 Å². The minimum absolute atomic E-state index is 0.223. The summed E-state index contributed by atoms with van der Waals surface area (Å²) in [7, 11) is 0. The van der Waals surface area contributed by atoms with E-state index in [1.54, 1.807) is 0 Å². The van der Waals surface area contributed by atoms with Gasteiger partial charge in [0.05, 0.1) is 0 Å². The van der Waals surface area contributed by atoms with E-state index in [9.17, 15) is 4.79 Å². The van der Waals surface area contributed by atoms with Gasteiger partial charge in [-0.2, -0.15) is 0 Å². The lowest BCUT2D eigenvalue weighted by molar-refractivity contribution is 0.0463. The van der Waals surface area contributed by atoms with Crippen molar-refractivity contribution in [3.63, 3.8) is 0 Å². The number of hydrogen-bond acceptors (Lipinski definition) is 3. The molecular formula is C17H26N2O2. The first-order chi connectivity index (χ1) is 9.83. The van der Waals surface area contributed by atoms with Gasteiger partial charge in [0.15, 0.2) is 0 Å². The van der Waals surface area contributed by atoms with Crippen LogP contribution in [0.2, 0.25) is 0 Å². The number of carbonyl (C=O) groups excluding carboxylic acids is 1. The largest absolute Gasteiger partial charge is 0.444 e. The van der Waals surface area contributed by atoms with Gasteiger partial charge in [0, 0.05) is 18.1 Å². The number of carbonyl (C=O) groups is 1. The Hall–Kier alpha value is -1.55. The second-order valence-corrected chi connectivity index (χ2v) is 6.81. The number of ether oxygens (including phenoxy) is 1. The first-order valence-electron chi connectivity index (χ1n) is 7.64. The molecule has 1 fully saturated rings. The van der Waals surface area contributed by atoms with Gasteiger partial charge in [0.25, 0.3) is 0 Å². The zero-order valence-electron chi connectivity index (χ0n) is 13.3. The molecule has 1 atom stereocenters. The number of amides is 1. The Morgan fingerprint density at radius 2 is 1.81 bits per heavy atom. The van der Waals surface area contributed by atoms with Crippen LogP contribution in [0.5, 0.6) is 0 Å². The average molecular weight is 290 g/mol. The molecule has 1 aromatic rings. The molecule has 2 rings (SSSR count). The third kappa shape index (κ3) is 5.05. The van der Waals surface area contributed by atoms with Crippen molar-refractivity contribution >= 4 is 6.09 Å². The third-order valence-corrected chi connectivity index (χ3v) is 3.64. The fourth-order valence-electron chi connectivity index (χ4n) is 2.54. The summed E-state index contributed by atoms with van der Waals surface area (Å²) in [6.45, 7) is 7.79. The Balaban J connectivity index is 1.69. The van der Waals surface area contributed by atoms with E-state index in [1.165, 1.54) is 5.56 Å². The first-order valence-corrected chi connectivity index (χ1v) is 7.64. The topological polar surface area (TPSA) is 50.4 Å². The van der Waals surface area contributed by atoms with Gasteiger partial charge in [-0.15, -0.1) is 0 Å². The number of hydrogen-bond donors (Lipinski definition) is 2. The van der Waals surface area contributed by atoms with Crippen molar-refractivity contribution in [2.75, 3.05) is 0 Å². The molecule has 0 heterocycles. The molecule has 2 N–H and O–H groups in total. The van der Waals surface area contributed by atoms with E-state index in [-0.39, 0.29) is 12.1 Å². The van der Waals surface area contributed by atoms with Crippen LogP contribution in [0.15, 0.2) is 30.3 Å². The van der Waals surface area contributed by atoms with Crippen LogP contribution in [-0.4, -0.2) is 23.8 Å². The second-order valence-electron chi connectivity index (χ2n) is 6.81. The highest BCUT2D eigenvalue weighted by molar-refractivity contribution is 5.68. The molecule has 0 unspecified atom stereocenters. The smallest absolute Gasteiger partial charge is 0.407 e. The molecule has 4 heteroatoms. The standard InChI is InChI=1S/C17H26N2O2/c1-12(13-8-6-5-7-9-13)18-14-10-15(11-14)19-16(20)21-17(2,3)4/h5-9,12,14-15,18H,10-11H2,1-4H3,(H,19,20)/t12-,14?,15?/m0/s1. The summed E-state index contributed by atoms with van der Waals surface area (Å²) in [5.41, 5.74) is 0.855. The molecular weight excluding hydrogens is 264 g/mol. The number of benzene rings is 1. The quantitative estimate of drug-likeness (QED) is 0.893. The van der Waals surface area contributed by atoms with E-state index in [2.05, 4.69) is 41.8 Å². The summed E-state index contributed by atoms with van der Waals surface area (Å²) in [5, 5.41) is 6.51. The lowest BCUT2D eigenvalue weighted by Gasteiger charge is -2.38. The maximum Gasteiger partial charge on any atom is 0.407 e. The summed E-state index contributed by atoms with van der Waals surface area (Å²) >= 11 is 0. The van der Waals surface area contributed by atoms with Crippen LogP contribution in [0.3, 0.4) is 0 Å². The van der Waals surface area contributed by atoms with Gasteiger partial charge in [-0.3, -0.25) is 0 Å². The zero-order valence-corrected chi connectivity index (χ0v) is 13.3. The summed E-state index contributed by atoms with van der Waals surface area (Å²) in [6, 6.07) is 11.4. The van der Waals surface area contributed by atoms with Gasteiger partial charge < -0.3 is 15.4 Å². The van der Waals surface area contributed by atoms with Crippen molar-refractivity contribution in [1.82, 2.24) is 10.6 Å². The van der Waals surface area contributed by atoms with Crippen LogP contribution >= 0.6 is 0 Å². The van der Waals surface area contributed by atoms with E-state index in [0.717, 1.165) is 12.8 Å². The lowest BCUT2D eigenvalue weighted by atomic mass is 9.86. The Morgan fingerprint density at radius 3 is 2.38 bits per heavy atom. The highest BCUT2D eigenvalue weighted by Gasteiger charge is 2.32. The first kappa shape index (κ1) is 15.8. The van der Waals surface area contributed by atoms with Crippen LogP contribution in [0.4, 0.5) is 4.79 Å². The Morgan fingerprint density at radius 1 is 1.19 bits per heavy atom. The molecule has 1 aromatic carbocycles. The molecule has 0 aromatic heterocycles.